The molecule has 0 aromatic rings. The number of nitrogens with zero attached hydrogens (tertiary/aromatic N) is 2. The monoisotopic (exact) mass is 269 g/mol. The van der Waals surface area contributed by atoms with Crippen LogP contribution >= 0.6 is 11.8 Å². The van der Waals surface area contributed by atoms with Crippen molar-refractivity contribution in [2.24, 2.45) is 10.4 Å². The zero-order valence-electron chi connectivity index (χ0n) is 11.7. The number of carbonyl (C=O) groups excluding carboxylic acids is 1. The molecule has 2 unspecified atom stereocenters. The molecule has 1 amide bonds. The average Bonchev–Trinajstić information content (AvgIpc) is 2.60. The molecule has 0 radical (unpaired) electrons. The highest BCUT2D eigenvalue weighted by Gasteiger charge is 2.32. The van der Waals surface area contributed by atoms with Gasteiger partial charge in [0.05, 0.1) is 0 Å². The van der Waals surface area contributed by atoms with Crippen LogP contribution in [0, 0.1) is 5.41 Å². The Morgan fingerprint density at radius 3 is 2.67 bits per heavy atom. The van der Waals surface area contributed by atoms with Crippen LogP contribution in [-0.4, -0.2) is 47.4 Å². The summed E-state index contributed by atoms with van der Waals surface area (Å²) in [5.41, 5.74) is 0.234. The Morgan fingerprint density at radius 2 is 2.11 bits per heavy atom. The molecule has 1 N–H and O–H groups in total. The molecular weight excluding hydrogens is 246 g/mol. The van der Waals surface area contributed by atoms with Crippen LogP contribution in [0.5, 0.6) is 0 Å². The van der Waals surface area contributed by atoms with Crippen molar-refractivity contribution in [2.75, 3.05) is 19.3 Å². The minimum Gasteiger partial charge on any atom is -0.362 e. The average molecular weight is 269 g/mol. The third-order valence-corrected chi connectivity index (χ3v) is 4.60. The van der Waals surface area contributed by atoms with Gasteiger partial charge in [-0.15, -0.1) is 0 Å². The van der Waals surface area contributed by atoms with Gasteiger partial charge in [-0.25, -0.2) is 4.99 Å². The van der Waals surface area contributed by atoms with Crippen molar-refractivity contribution in [3.63, 3.8) is 0 Å². The summed E-state index contributed by atoms with van der Waals surface area (Å²) in [6.07, 6.45) is 2.01. The maximum atomic E-state index is 11.8. The number of nitrogens with one attached hydrogen (secondary N) is 1. The maximum Gasteiger partial charge on any atom is 0.247 e. The predicted molar refractivity (Wildman–Crippen MR) is 76.9 cm³/mol. The smallest absolute Gasteiger partial charge is 0.247 e. The molecule has 102 valence electrons. The van der Waals surface area contributed by atoms with Crippen LogP contribution in [0.1, 0.15) is 33.6 Å². The molecule has 2 fully saturated rings. The Kier molecular flexibility index (Phi) is 3.90. The Morgan fingerprint density at radius 1 is 1.39 bits per heavy atom. The molecule has 2 aliphatic rings. The SMILES string of the molecule is CN1CCC(N=C2NC(C(C)(C)C)CCS2)C1=O. The number of amides is 1. The highest BCUT2D eigenvalue weighted by atomic mass is 32.2. The van der Waals surface area contributed by atoms with Gasteiger partial charge in [-0.05, 0) is 18.3 Å². The highest BCUT2D eigenvalue weighted by molar-refractivity contribution is 8.13. The van der Waals surface area contributed by atoms with E-state index in [1.807, 2.05) is 7.05 Å². The first kappa shape index (κ1) is 13.7. The zero-order valence-corrected chi connectivity index (χ0v) is 12.5. The van der Waals surface area contributed by atoms with Crippen LogP contribution in [0.25, 0.3) is 0 Å². The molecule has 0 saturated carbocycles. The van der Waals surface area contributed by atoms with Crippen LogP contribution < -0.4 is 5.32 Å². The first-order chi connectivity index (χ1) is 8.38. The van der Waals surface area contributed by atoms with Crippen molar-refractivity contribution in [3.8, 4) is 0 Å². The number of likely N-dealkylation sites (N-methyl/N-ethyl adjacent to an activating group) is 1. The third-order valence-electron chi connectivity index (χ3n) is 3.66. The summed E-state index contributed by atoms with van der Waals surface area (Å²) in [6.45, 7) is 7.56. The van der Waals surface area contributed by atoms with E-state index in [4.69, 9.17) is 0 Å². The number of thioether (sulfide) groups is 1. The summed E-state index contributed by atoms with van der Waals surface area (Å²) in [5, 5.41) is 4.45. The number of amidine groups is 1. The van der Waals surface area contributed by atoms with Gasteiger partial charge in [-0.1, -0.05) is 32.5 Å². The van der Waals surface area contributed by atoms with E-state index >= 15 is 0 Å². The fraction of sp³-hybridized carbons (Fsp3) is 0.846. The first-order valence-electron chi connectivity index (χ1n) is 6.60. The van der Waals surface area contributed by atoms with Crippen molar-refractivity contribution >= 4 is 22.8 Å². The summed E-state index contributed by atoms with van der Waals surface area (Å²) in [5.74, 6) is 1.24. The minimum atomic E-state index is -0.163. The number of rotatable bonds is 1. The van der Waals surface area contributed by atoms with E-state index in [0.29, 0.717) is 6.04 Å². The van der Waals surface area contributed by atoms with Crippen molar-refractivity contribution in [1.82, 2.24) is 10.2 Å². The van der Waals surface area contributed by atoms with Gasteiger partial charge in [-0.2, -0.15) is 0 Å². The zero-order chi connectivity index (χ0) is 13.3. The molecule has 2 atom stereocenters. The van der Waals surface area contributed by atoms with Crippen LogP contribution in [0.15, 0.2) is 4.99 Å². The standard InChI is InChI=1S/C13H23N3OS/c1-13(2,3)10-6-8-18-12(15-10)14-9-5-7-16(4)11(9)17/h9-10H,5-8H2,1-4H3,(H,14,15). The molecule has 2 rings (SSSR count). The maximum absolute atomic E-state index is 11.8. The van der Waals surface area contributed by atoms with Crippen LogP contribution in [0.2, 0.25) is 0 Å². The van der Waals surface area contributed by atoms with Gasteiger partial charge in [0.25, 0.3) is 0 Å². The van der Waals surface area contributed by atoms with Gasteiger partial charge >= 0.3 is 0 Å². The van der Waals surface area contributed by atoms with Crippen LogP contribution in [0.4, 0.5) is 0 Å². The lowest BCUT2D eigenvalue weighted by atomic mass is 9.85. The van der Waals surface area contributed by atoms with Crippen molar-refractivity contribution in [1.29, 1.82) is 0 Å². The second kappa shape index (κ2) is 5.11. The van der Waals surface area contributed by atoms with E-state index in [2.05, 4.69) is 31.1 Å². The molecule has 2 heterocycles. The van der Waals surface area contributed by atoms with Crippen molar-refractivity contribution in [2.45, 2.75) is 45.7 Å². The minimum absolute atomic E-state index is 0.155. The Balaban J connectivity index is 2.03. The third kappa shape index (κ3) is 2.99. The van der Waals surface area contributed by atoms with Gasteiger partial charge in [0, 0.05) is 25.4 Å². The molecule has 5 heteroatoms. The van der Waals surface area contributed by atoms with E-state index in [-0.39, 0.29) is 17.4 Å². The summed E-state index contributed by atoms with van der Waals surface area (Å²) in [7, 11) is 1.85. The summed E-state index contributed by atoms with van der Waals surface area (Å²) in [4.78, 5) is 18.2. The van der Waals surface area contributed by atoms with Crippen molar-refractivity contribution < 1.29 is 4.79 Å². The molecular formula is C13H23N3OS. The van der Waals surface area contributed by atoms with Crippen LogP contribution in [0.3, 0.4) is 0 Å². The molecule has 4 nitrogen and oxygen atoms in total. The molecule has 0 bridgehead atoms. The second-order valence-corrected chi connectivity index (χ2v) is 7.28. The Bertz CT molecular complexity index is 362. The summed E-state index contributed by atoms with van der Waals surface area (Å²) in [6, 6.07) is 0.287. The highest BCUT2D eigenvalue weighted by Crippen LogP contribution is 2.28. The lowest BCUT2D eigenvalue weighted by molar-refractivity contribution is -0.127. The lowest BCUT2D eigenvalue weighted by Gasteiger charge is -2.35. The summed E-state index contributed by atoms with van der Waals surface area (Å²) < 4.78 is 0. The molecule has 0 aliphatic carbocycles. The Hall–Kier alpha value is -0.710. The quantitative estimate of drug-likeness (QED) is 0.788. The van der Waals surface area contributed by atoms with Gasteiger partial charge in [-0.3, -0.25) is 4.79 Å². The fourth-order valence-electron chi connectivity index (χ4n) is 2.33. The van der Waals surface area contributed by atoms with Crippen LogP contribution in [-0.2, 0) is 4.79 Å². The number of carbonyl (C=O) groups is 1. The van der Waals surface area contributed by atoms with E-state index in [9.17, 15) is 4.79 Å². The number of likely N-dealkylation sites (tertiary alicyclic amines) is 1. The normalized spacial score (nSPS) is 31.9. The molecule has 18 heavy (non-hydrogen) atoms. The summed E-state index contributed by atoms with van der Waals surface area (Å²) >= 11 is 1.74. The molecule has 0 aromatic carbocycles. The molecule has 0 aromatic heterocycles. The van der Waals surface area contributed by atoms with Gasteiger partial charge in [0.1, 0.15) is 6.04 Å². The van der Waals surface area contributed by atoms with E-state index in [1.165, 1.54) is 0 Å². The van der Waals surface area contributed by atoms with Crippen molar-refractivity contribution in [3.05, 3.63) is 0 Å². The number of hydrogen-bond donors (Lipinski definition) is 1. The molecule has 2 aliphatic heterocycles. The molecule has 2 saturated heterocycles. The first-order valence-corrected chi connectivity index (χ1v) is 7.58. The van der Waals surface area contributed by atoms with E-state index in [1.54, 1.807) is 16.7 Å². The largest absolute Gasteiger partial charge is 0.362 e. The number of aliphatic imine (C=N–C) groups is 1. The topological polar surface area (TPSA) is 44.7 Å². The fourth-order valence-corrected chi connectivity index (χ4v) is 3.30. The van der Waals surface area contributed by atoms with E-state index < -0.39 is 0 Å². The number of hydrogen-bond acceptors (Lipinski definition) is 3. The molecule has 0 spiro atoms. The van der Waals surface area contributed by atoms with E-state index in [0.717, 1.165) is 30.3 Å². The lowest BCUT2D eigenvalue weighted by Crippen LogP contribution is -2.46. The second-order valence-electron chi connectivity index (χ2n) is 6.20. The van der Waals surface area contributed by atoms with Gasteiger partial charge in [0.2, 0.25) is 5.91 Å². The van der Waals surface area contributed by atoms with Gasteiger partial charge in [0.15, 0.2) is 5.17 Å². The Labute approximate surface area is 114 Å². The predicted octanol–water partition coefficient (Wildman–Crippen LogP) is 1.71. The van der Waals surface area contributed by atoms with Gasteiger partial charge < -0.3 is 10.2 Å².